The van der Waals surface area contributed by atoms with E-state index in [-0.39, 0.29) is 6.42 Å². The smallest absolute Gasteiger partial charge is 0.304 e. The summed E-state index contributed by atoms with van der Waals surface area (Å²) in [5, 5.41) is 16.7. The van der Waals surface area contributed by atoms with Crippen LogP contribution in [0.5, 0.6) is 0 Å². The number of carbonyl (C=O) groups is 1. The number of aromatic nitrogens is 3. The Labute approximate surface area is 170 Å². The maximum Gasteiger partial charge on any atom is 0.304 e. The molecule has 0 aliphatic rings. The van der Waals surface area contributed by atoms with Crippen molar-refractivity contribution in [2.45, 2.75) is 44.4 Å². The summed E-state index contributed by atoms with van der Waals surface area (Å²) in [6.45, 7) is 2.75. The quantitative estimate of drug-likeness (QED) is 0.476. The lowest BCUT2D eigenvalue weighted by molar-refractivity contribution is -0.138. The molecule has 0 aliphatic heterocycles. The number of nitrogens with zero attached hydrogens (tertiary/aromatic N) is 3. The normalized spacial score (nSPS) is 13.0. The first-order valence-corrected chi connectivity index (χ1v) is 9.79. The number of rotatable bonds is 11. The SMILES string of the molecule is CC(CC(=O)O)(Cc1nc(CCCCNc2ccccn2)no1)c1ccccc1. The van der Waals surface area contributed by atoms with Gasteiger partial charge in [0, 0.05) is 31.0 Å². The second kappa shape index (κ2) is 9.82. The van der Waals surface area contributed by atoms with Gasteiger partial charge in [-0.1, -0.05) is 48.5 Å². The molecular weight excluding hydrogens is 368 g/mol. The van der Waals surface area contributed by atoms with Crippen LogP contribution in [0.1, 0.15) is 43.5 Å². The fraction of sp³-hybridized carbons (Fsp3) is 0.364. The maximum absolute atomic E-state index is 11.4. The number of hydrogen-bond donors (Lipinski definition) is 2. The van der Waals surface area contributed by atoms with E-state index in [9.17, 15) is 9.90 Å². The van der Waals surface area contributed by atoms with Gasteiger partial charge in [-0.3, -0.25) is 4.79 Å². The number of anilines is 1. The number of pyridine rings is 1. The van der Waals surface area contributed by atoms with Gasteiger partial charge in [0.25, 0.3) is 0 Å². The van der Waals surface area contributed by atoms with Crippen LogP contribution in [0.3, 0.4) is 0 Å². The number of hydrogen-bond acceptors (Lipinski definition) is 6. The molecule has 0 amide bonds. The second-order valence-electron chi connectivity index (χ2n) is 7.38. The van der Waals surface area contributed by atoms with E-state index in [1.807, 2.05) is 55.5 Å². The average Bonchev–Trinajstić information content (AvgIpc) is 3.15. The molecule has 1 aromatic carbocycles. The number of nitrogens with one attached hydrogen (secondary N) is 1. The van der Waals surface area contributed by atoms with Crippen molar-refractivity contribution < 1.29 is 14.4 Å². The number of carboxylic acid groups (broad SMARTS) is 1. The highest BCUT2D eigenvalue weighted by Gasteiger charge is 2.32. The lowest BCUT2D eigenvalue weighted by Gasteiger charge is -2.26. The molecule has 2 heterocycles. The Morgan fingerprint density at radius 2 is 1.93 bits per heavy atom. The highest BCUT2D eigenvalue weighted by Crippen LogP contribution is 2.31. The Balaban J connectivity index is 1.52. The molecule has 2 aromatic heterocycles. The highest BCUT2D eigenvalue weighted by molar-refractivity contribution is 5.69. The van der Waals surface area contributed by atoms with Gasteiger partial charge in [0.2, 0.25) is 5.89 Å². The Kier molecular flexibility index (Phi) is 6.94. The minimum absolute atomic E-state index is 0.00603. The summed E-state index contributed by atoms with van der Waals surface area (Å²) < 4.78 is 5.41. The van der Waals surface area contributed by atoms with Gasteiger partial charge < -0.3 is 14.9 Å². The molecule has 0 fully saturated rings. The Hall–Kier alpha value is -3.22. The Morgan fingerprint density at radius 3 is 2.66 bits per heavy atom. The van der Waals surface area contributed by atoms with Crippen molar-refractivity contribution in [3.05, 3.63) is 72.0 Å². The summed E-state index contributed by atoms with van der Waals surface area (Å²) in [5.74, 6) is 1.15. The van der Waals surface area contributed by atoms with E-state index in [0.717, 1.165) is 30.8 Å². The van der Waals surface area contributed by atoms with E-state index in [0.29, 0.717) is 24.6 Å². The zero-order chi connectivity index (χ0) is 20.5. The van der Waals surface area contributed by atoms with E-state index < -0.39 is 11.4 Å². The van der Waals surface area contributed by atoms with Crippen molar-refractivity contribution in [3.63, 3.8) is 0 Å². The molecule has 3 aromatic rings. The molecular formula is C22H26N4O3. The van der Waals surface area contributed by atoms with E-state index in [1.54, 1.807) is 6.20 Å². The minimum atomic E-state index is -0.850. The van der Waals surface area contributed by atoms with Crippen molar-refractivity contribution in [1.82, 2.24) is 15.1 Å². The molecule has 7 nitrogen and oxygen atoms in total. The molecule has 7 heteroatoms. The molecule has 152 valence electrons. The van der Waals surface area contributed by atoms with E-state index in [2.05, 4.69) is 20.4 Å². The van der Waals surface area contributed by atoms with Gasteiger partial charge in [-0.05, 0) is 30.5 Å². The zero-order valence-corrected chi connectivity index (χ0v) is 16.5. The number of aliphatic carboxylic acids is 1. The van der Waals surface area contributed by atoms with Crippen molar-refractivity contribution in [2.75, 3.05) is 11.9 Å². The summed E-state index contributed by atoms with van der Waals surface area (Å²) in [6, 6.07) is 15.4. The molecule has 3 rings (SSSR count). The molecule has 0 aliphatic carbocycles. The minimum Gasteiger partial charge on any atom is -0.481 e. The third-order valence-electron chi connectivity index (χ3n) is 4.86. The molecule has 0 bridgehead atoms. The molecule has 1 unspecified atom stereocenters. The van der Waals surface area contributed by atoms with Gasteiger partial charge in [0.1, 0.15) is 5.82 Å². The van der Waals surface area contributed by atoms with Crippen molar-refractivity contribution >= 4 is 11.8 Å². The first kappa shape index (κ1) is 20.5. The molecule has 1 atom stereocenters. The standard InChI is InChI=1S/C22H26N4O3/c1-22(16-21(27)28,17-9-3-2-4-10-17)15-20-25-19(26-29-20)12-6-8-14-24-18-11-5-7-13-23-18/h2-5,7,9-11,13H,6,8,12,14-16H2,1H3,(H,23,24)(H,27,28). The van der Waals surface area contributed by atoms with Crippen molar-refractivity contribution in [3.8, 4) is 0 Å². The monoisotopic (exact) mass is 394 g/mol. The summed E-state index contributed by atoms with van der Waals surface area (Å²) in [5.41, 5.74) is 0.339. The van der Waals surface area contributed by atoms with E-state index in [1.165, 1.54) is 0 Å². The predicted octanol–water partition coefficient (Wildman–Crippen LogP) is 3.87. The number of unbranched alkanes of at least 4 members (excludes halogenated alkanes) is 1. The summed E-state index contributed by atoms with van der Waals surface area (Å²) in [4.78, 5) is 20.1. The average molecular weight is 394 g/mol. The van der Waals surface area contributed by atoms with Crippen LogP contribution in [0.25, 0.3) is 0 Å². The number of carboxylic acids is 1. The largest absolute Gasteiger partial charge is 0.481 e. The van der Waals surface area contributed by atoms with Crippen LogP contribution in [0, 0.1) is 0 Å². The third kappa shape index (κ3) is 6.14. The van der Waals surface area contributed by atoms with Crippen LogP contribution >= 0.6 is 0 Å². The molecule has 2 N–H and O–H groups in total. The lowest BCUT2D eigenvalue weighted by atomic mass is 9.76. The Bertz CT molecular complexity index is 899. The summed E-state index contributed by atoms with van der Waals surface area (Å²) in [7, 11) is 0. The fourth-order valence-electron chi connectivity index (χ4n) is 3.33. The molecule has 0 saturated carbocycles. The molecule has 29 heavy (non-hydrogen) atoms. The van der Waals surface area contributed by atoms with Crippen LogP contribution < -0.4 is 5.32 Å². The van der Waals surface area contributed by atoms with Gasteiger partial charge in [0.15, 0.2) is 5.82 Å². The van der Waals surface area contributed by atoms with Gasteiger partial charge >= 0.3 is 5.97 Å². The van der Waals surface area contributed by atoms with Crippen LogP contribution in [0.2, 0.25) is 0 Å². The van der Waals surface area contributed by atoms with Crippen LogP contribution in [0.15, 0.2) is 59.3 Å². The first-order valence-electron chi connectivity index (χ1n) is 9.79. The topological polar surface area (TPSA) is 101 Å². The van der Waals surface area contributed by atoms with Crippen molar-refractivity contribution in [1.29, 1.82) is 0 Å². The van der Waals surface area contributed by atoms with Gasteiger partial charge in [-0.25, -0.2) is 4.98 Å². The van der Waals surface area contributed by atoms with E-state index >= 15 is 0 Å². The van der Waals surface area contributed by atoms with Gasteiger partial charge in [-0.2, -0.15) is 4.98 Å². The Morgan fingerprint density at radius 1 is 1.14 bits per heavy atom. The predicted molar refractivity (Wildman–Crippen MR) is 110 cm³/mol. The first-order chi connectivity index (χ1) is 14.0. The van der Waals surface area contributed by atoms with Gasteiger partial charge in [0.05, 0.1) is 6.42 Å². The fourth-order valence-corrected chi connectivity index (χ4v) is 3.33. The summed E-state index contributed by atoms with van der Waals surface area (Å²) >= 11 is 0. The van der Waals surface area contributed by atoms with Crippen LogP contribution in [-0.2, 0) is 23.1 Å². The van der Waals surface area contributed by atoms with E-state index in [4.69, 9.17) is 4.52 Å². The van der Waals surface area contributed by atoms with Gasteiger partial charge in [-0.15, -0.1) is 0 Å². The zero-order valence-electron chi connectivity index (χ0n) is 16.5. The number of benzene rings is 1. The van der Waals surface area contributed by atoms with Crippen LogP contribution in [-0.4, -0.2) is 32.7 Å². The van der Waals surface area contributed by atoms with Crippen molar-refractivity contribution in [2.24, 2.45) is 0 Å². The van der Waals surface area contributed by atoms with Crippen LogP contribution in [0.4, 0.5) is 5.82 Å². The lowest BCUT2D eigenvalue weighted by Crippen LogP contribution is -2.28. The molecule has 0 saturated heterocycles. The highest BCUT2D eigenvalue weighted by atomic mass is 16.5. The maximum atomic E-state index is 11.4. The molecule has 0 radical (unpaired) electrons. The second-order valence-corrected chi connectivity index (χ2v) is 7.38. The third-order valence-corrected chi connectivity index (χ3v) is 4.86. The summed E-state index contributed by atoms with van der Waals surface area (Å²) in [6.07, 6.45) is 4.74. The molecule has 0 spiro atoms. The number of aryl methyl sites for hydroxylation is 1.